The highest BCUT2D eigenvalue weighted by Crippen LogP contribution is 2.61. The maximum absolute atomic E-state index is 7.51. The number of allylic oxidation sites excluding steroid dienone is 6. The van der Waals surface area contributed by atoms with E-state index in [0.717, 1.165) is 50.5 Å². The van der Waals surface area contributed by atoms with Crippen molar-refractivity contribution in [3.05, 3.63) is 132 Å². The molecule has 0 radical (unpaired) electrons. The van der Waals surface area contributed by atoms with Gasteiger partial charge in [0.05, 0.1) is 25.8 Å². The fourth-order valence-electron chi connectivity index (χ4n) is 7.51. The van der Waals surface area contributed by atoms with E-state index in [4.69, 9.17) is 27.6 Å². The van der Waals surface area contributed by atoms with Crippen LogP contribution in [0.25, 0.3) is 22.3 Å². The van der Waals surface area contributed by atoms with Crippen LogP contribution in [0.15, 0.2) is 121 Å². The van der Waals surface area contributed by atoms with E-state index in [9.17, 15) is 0 Å². The predicted molar refractivity (Wildman–Crippen MR) is 221 cm³/mol. The summed E-state index contributed by atoms with van der Waals surface area (Å²) in [6, 6.07) is 25.3. The van der Waals surface area contributed by atoms with Crippen molar-refractivity contribution in [2.75, 3.05) is 25.9 Å². The van der Waals surface area contributed by atoms with E-state index >= 15 is 0 Å². The lowest BCUT2D eigenvalue weighted by molar-refractivity contribution is 0.185. The zero-order valence-electron chi connectivity index (χ0n) is 32.3. The molecule has 0 bridgehead atoms. The first kappa shape index (κ1) is 36.3. The Morgan fingerprint density at radius 3 is 1.70 bits per heavy atom. The molecule has 2 aliphatic carbocycles. The van der Waals surface area contributed by atoms with Gasteiger partial charge in [-0.15, -0.1) is 0 Å². The maximum Gasteiger partial charge on any atom is 0.529 e. The minimum atomic E-state index is -1.87. The summed E-state index contributed by atoms with van der Waals surface area (Å²) in [6.07, 6.45) is 12.5. The number of hydrogen-bond donors (Lipinski definition) is 0. The molecule has 0 aromatic heterocycles. The topological polar surface area (TPSA) is 58.6 Å². The first-order chi connectivity index (χ1) is 25.9. The molecule has 7 nitrogen and oxygen atoms in total. The highest BCUT2D eigenvalue weighted by molar-refractivity contribution is 7.63. The van der Waals surface area contributed by atoms with E-state index in [2.05, 4.69) is 144 Å². The third-order valence-corrected chi connectivity index (χ3v) is 13.3. The van der Waals surface area contributed by atoms with E-state index in [1.165, 1.54) is 11.1 Å². The van der Waals surface area contributed by atoms with Crippen LogP contribution in [-0.4, -0.2) is 21.3 Å². The van der Waals surface area contributed by atoms with Gasteiger partial charge < -0.3 is 32.2 Å². The van der Waals surface area contributed by atoms with Crippen LogP contribution in [0, 0.1) is 11.8 Å². The number of para-hydroxylation sites is 1. The lowest BCUT2D eigenvalue weighted by Crippen LogP contribution is -2.28. The van der Waals surface area contributed by atoms with E-state index < -0.39 is 16.9 Å². The maximum atomic E-state index is 7.51. The Bertz CT molecular complexity index is 2210. The van der Waals surface area contributed by atoms with Gasteiger partial charge in [-0.2, -0.15) is 0 Å². The van der Waals surface area contributed by atoms with Crippen LogP contribution in [0.3, 0.4) is 0 Å². The van der Waals surface area contributed by atoms with Crippen LogP contribution in [-0.2, 0) is 19.9 Å². The van der Waals surface area contributed by atoms with Crippen molar-refractivity contribution in [1.82, 2.24) is 0 Å². The molecule has 8 rings (SSSR count). The first-order valence-electron chi connectivity index (χ1n) is 18.3. The SMILES string of the molecule is COc1cc(-c2cc(OC)cc(C(C)(C)C)c2OP2c3ccccc3-c3ccccc3N2C)c(OP2OC3=CC=CC4C=CC=C(O2)C34)c(C(C)(C)C)c1. The number of methoxy groups -OCH3 is 2. The number of fused-ring (bicyclic) bond motifs is 3. The van der Waals surface area contributed by atoms with Crippen LogP contribution in [0.2, 0.25) is 0 Å². The summed E-state index contributed by atoms with van der Waals surface area (Å²) in [4.78, 5) is 0. The Morgan fingerprint density at radius 2 is 1.15 bits per heavy atom. The van der Waals surface area contributed by atoms with Gasteiger partial charge in [-0.05, 0) is 64.9 Å². The molecule has 1 fully saturated rings. The third-order valence-electron chi connectivity index (χ3n) is 10.3. The highest BCUT2D eigenvalue weighted by Gasteiger charge is 2.43. The zero-order valence-corrected chi connectivity index (χ0v) is 34.1. The molecule has 4 aliphatic rings. The largest absolute Gasteiger partial charge is 0.529 e. The Balaban J connectivity index is 1.33. The molecule has 0 amide bonds. The minimum Gasteiger partial charge on any atom is -0.497 e. The summed E-state index contributed by atoms with van der Waals surface area (Å²) in [5, 5.41) is 1.15. The van der Waals surface area contributed by atoms with Crippen molar-refractivity contribution < 1.29 is 27.6 Å². The average Bonchev–Trinajstić information content (AvgIpc) is 3.15. The van der Waals surface area contributed by atoms with Crippen LogP contribution < -0.4 is 28.5 Å². The van der Waals surface area contributed by atoms with E-state index in [0.29, 0.717) is 17.2 Å². The fraction of sp³-hybridized carbons (Fsp3) is 0.289. The molecule has 4 aromatic carbocycles. The average molecular weight is 760 g/mol. The molecule has 54 heavy (non-hydrogen) atoms. The second-order valence-corrected chi connectivity index (χ2v) is 18.8. The summed E-state index contributed by atoms with van der Waals surface area (Å²) in [5.74, 6) is 4.73. The Labute approximate surface area is 321 Å². The minimum absolute atomic E-state index is 0.00955. The number of hydrogen-bond acceptors (Lipinski definition) is 7. The van der Waals surface area contributed by atoms with Gasteiger partial charge in [-0.25, -0.2) is 0 Å². The number of ether oxygens (including phenoxy) is 2. The summed E-state index contributed by atoms with van der Waals surface area (Å²) < 4.78 is 42.0. The molecule has 278 valence electrons. The molecular weight excluding hydrogens is 712 g/mol. The fourth-order valence-corrected chi connectivity index (χ4v) is 10.6. The van der Waals surface area contributed by atoms with Crippen LogP contribution in [0.1, 0.15) is 52.7 Å². The van der Waals surface area contributed by atoms with Crippen molar-refractivity contribution in [3.8, 4) is 45.3 Å². The van der Waals surface area contributed by atoms with Gasteiger partial charge in [0.2, 0.25) is 8.30 Å². The number of benzene rings is 4. The normalized spacial score (nSPS) is 21.0. The molecule has 1 unspecified atom stereocenters. The molecule has 2 aliphatic heterocycles. The van der Waals surface area contributed by atoms with Crippen molar-refractivity contribution in [3.63, 3.8) is 0 Å². The van der Waals surface area contributed by atoms with Gasteiger partial charge in [0.25, 0.3) is 0 Å². The smallest absolute Gasteiger partial charge is 0.497 e. The third kappa shape index (κ3) is 6.46. The van der Waals surface area contributed by atoms with E-state index in [1.807, 2.05) is 18.2 Å². The summed E-state index contributed by atoms with van der Waals surface area (Å²) in [7, 11) is 2.33. The van der Waals surface area contributed by atoms with Gasteiger partial charge in [-0.3, -0.25) is 0 Å². The summed E-state index contributed by atoms with van der Waals surface area (Å²) in [5.41, 5.74) is 6.42. The Kier molecular flexibility index (Phi) is 9.31. The molecule has 0 spiro atoms. The van der Waals surface area contributed by atoms with Gasteiger partial charge >= 0.3 is 8.60 Å². The van der Waals surface area contributed by atoms with Crippen molar-refractivity contribution >= 4 is 27.9 Å². The lowest BCUT2D eigenvalue weighted by atomic mass is 9.81. The quantitative estimate of drug-likeness (QED) is 0.174. The molecule has 4 aromatic rings. The van der Waals surface area contributed by atoms with Crippen molar-refractivity contribution in [1.29, 1.82) is 0 Å². The Morgan fingerprint density at radius 1 is 0.630 bits per heavy atom. The summed E-state index contributed by atoms with van der Waals surface area (Å²) >= 11 is 0. The molecule has 1 saturated heterocycles. The first-order valence-corrected chi connectivity index (χ1v) is 20.6. The monoisotopic (exact) mass is 759 g/mol. The number of anilines is 1. The van der Waals surface area contributed by atoms with Gasteiger partial charge in [0, 0.05) is 46.1 Å². The molecule has 0 saturated carbocycles. The van der Waals surface area contributed by atoms with Crippen molar-refractivity contribution in [2.24, 2.45) is 11.8 Å². The highest BCUT2D eigenvalue weighted by atomic mass is 31.2. The van der Waals surface area contributed by atoms with Crippen molar-refractivity contribution in [2.45, 2.75) is 52.4 Å². The number of rotatable bonds is 7. The van der Waals surface area contributed by atoms with Crippen LogP contribution >= 0.6 is 16.9 Å². The standard InChI is InChI=1S/C45H47NO6P2/c1-44(2,3)35-26-29(47-8)24-33(42(35)51-53-40-23-13-11-19-32(40)31-18-10-12-20-37(31)46(53)7)34-25-30(48-9)27-36(45(4,5)6)43(34)52-54-49-38-21-14-16-28-17-15-22-39(50-54)41(28)38/h10-28,41H,1-9H3. The van der Waals surface area contributed by atoms with E-state index in [-0.39, 0.29) is 22.7 Å². The Hall–Kier alpha value is -4.70. The zero-order chi connectivity index (χ0) is 37.9. The predicted octanol–water partition coefficient (Wildman–Crippen LogP) is 11.9. The van der Waals surface area contributed by atoms with Gasteiger partial charge in [-0.1, -0.05) is 102 Å². The molecule has 1 atom stereocenters. The molecule has 0 N–H and O–H groups in total. The lowest BCUT2D eigenvalue weighted by Gasteiger charge is -2.38. The summed E-state index contributed by atoms with van der Waals surface area (Å²) in [6.45, 7) is 13.1. The van der Waals surface area contributed by atoms with E-state index in [1.54, 1.807) is 14.2 Å². The van der Waals surface area contributed by atoms with Crippen LogP contribution in [0.4, 0.5) is 5.69 Å². The second-order valence-electron chi connectivity index (χ2n) is 16.0. The molecular formula is C45H47NO6P2. The van der Waals surface area contributed by atoms with Gasteiger partial charge in [0.1, 0.15) is 34.5 Å². The molecule has 2 heterocycles. The van der Waals surface area contributed by atoms with Gasteiger partial charge in [0.15, 0.2) is 0 Å². The van der Waals surface area contributed by atoms with Crippen LogP contribution in [0.5, 0.6) is 23.0 Å². The molecule has 9 heteroatoms. The number of nitrogens with zero attached hydrogens (tertiary/aromatic N) is 1. The second kappa shape index (κ2) is 13.9.